The van der Waals surface area contributed by atoms with E-state index in [1.54, 1.807) is 40.1 Å². The smallest absolute Gasteiger partial charge is 0.232 e. The Morgan fingerprint density at radius 2 is 2.11 bits per heavy atom. The summed E-state index contributed by atoms with van der Waals surface area (Å²) in [5.41, 5.74) is 4.29. The first-order valence-electron chi connectivity index (χ1n) is 8.98. The molecule has 2 aliphatic rings. The van der Waals surface area contributed by atoms with Crippen molar-refractivity contribution in [1.82, 2.24) is 0 Å². The van der Waals surface area contributed by atoms with Gasteiger partial charge < -0.3 is 9.80 Å². The van der Waals surface area contributed by atoms with Crippen molar-refractivity contribution >= 4 is 29.3 Å². The zero-order valence-corrected chi connectivity index (χ0v) is 14.9. The van der Waals surface area contributed by atoms with Crippen LogP contribution in [0.1, 0.15) is 23.1 Å². The predicted molar refractivity (Wildman–Crippen MR) is 104 cm³/mol. The van der Waals surface area contributed by atoms with Gasteiger partial charge in [0, 0.05) is 30.9 Å². The van der Waals surface area contributed by atoms with Gasteiger partial charge in [-0.2, -0.15) is 5.26 Å². The molecule has 4 rings (SSSR count). The maximum absolute atomic E-state index is 13.1. The fourth-order valence-electron chi connectivity index (χ4n) is 3.86. The summed E-state index contributed by atoms with van der Waals surface area (Å²) in [5.74, 6) is -0.453. The van der Waals surface area contributed by atoms with Crippen LogP contribution in [0.25, 0.3) is 6.08 Å². The van der Waals surface area contributed by atoms with Gasteiger partial charge in [0.2, 0.25) is 11.8 Å². The zero-order valence-electron chi connectivity index (χ0n) is 14.9. The van der Waals surface area contributed by atoms with Gasteiger partial charge in [-0.1, -0.05) is 24.8 Å². The second kappa shape index (κ2) is 6.73. The van der Waals surface area contributed by atoms with E-state index in [1.807, 2.05) is 12.1 Å². The summed E-state index contributed by atoms with van der Waals surface area (Å²) < 4.78 is 0. The van der Waals surface area contributed by atoms with Crippen LogP contribution in [0.5, 0.6) is 0 Å². The SMILES string of the molecule is C=Cc1ccc2c(c1)CCN2C(=O)C1CC(=O)N(c2cccc(C#N)c2)C1. The summed E-state index contributed by atoms with van der Waals surface area (Å²) in [4.78, 5) is 29.0. The van der Waals surface area contributed by atoms with Gasteiger partial charge in [0.15, 0.2) is 0 Å². The van der Waals surface area contributed by atoms with Crippen LogP contribution in [0, 0.1) is 17.2 Å². The van der Waals surface area contributed by atoms with E-state index in [0.29, 0.717) is 24.3 Å². The number of anilines is 2. The molecule has 1 fully saturated rings. The Morgan fingerprint density at radius 1 is 1.26 bits per heavy atom. The predicted octanol–water partition coefficient (Wildman–Crippen LogP) is 3.14. The molecule has 0 radical (unpaired) electrons. The number of hydrogen-bond acceptors (Lipinski definition) is 3. The van der Waals surface area contributed by atoms with Crippen LogP contribution in [-0.4, -0.2) is 24.9 Å². The van der Waals surface area contributed by atoms with Gasteiger partial charge in [-0.05, 0) is 47.9 Å². The molecular weight excluding hydrogens is 338 g/mol. The van der Waals surface area contributed by atoms with Crippen molar-refractivity contribution < 1.29 is 9.59 Å². The third kappa shape index (κ3) is 3.00. The van der Waals surface area contributed by atoms with Crippen LogP contribution in [0.4, 0.5) is 11.4 Å². The molecule has 0 aromatic heterocycles. The third-order valence-electron chi connectivity index (χ3n) is 5.26. The molecule has 0 spiro atoms. The Balaban J connectivity index is 1.54. The molecule has 2 amide bonds. The van der Waals surface area contributed by atoms with Crippen molar-refractivity contribution in [1.29, 1.82) is 5.26 Å². The molecule has 5 nitrogen and oxygen atoms in total. The summed E-state index contributed by atoms with van der Waals surface area (Å²) in [6, 6.07) is 15.0. The van der Waals surface area contributed by atoms with E-state index < -0.39 is 0 Å². The molecule has 5 heteroatoms. The second-order valence-electron chi connectivity index (χ2n) is 6.90. The molecule has 2 aromatic rings. The van der Waals surface area contributed by atoms with Gasteiger partial charge in [0.1, 0.15) is 0 Å². The van der Waals surface area contributed by atoms with Crippen LogP contribution in [0.3, 0.4) is 0 Å². The number of hydrogen-bond donors (Lipinski definition) is 0. The van der Waals surface area contributed by atoms with Crippen molar-refractivity contribution in [3.63, 3.8) is 0 Å². The highest BCUT2D eigenvalue weighted by Crippen LogP contribution is 2.33. The van der Waals surface area contributed by atoms with Crippen LogP contribution in [0.2, 0.25) is 0 Å². The molecule has 1 atom stereocenters. The van der Waals surface area contributed by atoms with Gasteiger partial charge in [-0.15, -0.1) is 0 Å². The Labute approximate surface area is 158 Å². The number of carbonyl (C=O) groups is 2. The highest BCUT2D eigenvalue weighted by atomic mass is 16.2. The van der Waals surface area contributed by atoms with Gasteiger partial charge in [-0.3, -0.25) is 9.59 Å². The third-order valence-corrected chi connectivity index (χ3v) is 5.26. The maximum atomic E-state index is 13.1. The summed E-state index contributed by atoms with van der Waals surface area (Å²) >= 11 is 0. The largest absolute Gasteiger partial charge is 0.312 e. The molecule has 134 valence electrons. The minimum Gasteiger partial charge on any atom is -0.312 e. The van der Waals surface area contributed by atoms with E-state index in [9.17, 15) is 9.59 Å². The Hall–Kier alpha value is -3.39. The Morgan fingerprint density at radius 3 is 2.89 bits per heavy atom. The average Bonchev–Trinajstić information content (AvgIpc) is 3.30. The Kier molecular flexibility index (Phi) is 4.25. The van der Waals surface area contributed by atoms with Crippen LogP contribution in [0.15, 0.2) is 49.0 Å². The number of nitrogens with zero attached hydrogens (tertiary/aromatic N) is 3. The minimum absolute atomic E-state index is 0.00705. The average molecular weight is 357 g/mol. The summed E-state index contributed by atoms with van der Waals surface area (Å²) in [5, 5.41) is 9.06. The molecule has 1 saturated heterocycles. The number of rotatable bonds is 3. The van der Waals surface area contributed by atoms with E-state index in [1.165, 1.54) is 0 Å². The van der Waals surface area contributed by atoms with Crippen molar-refractivity contribution in [2.45, 2.75) is 12.8 Å². The molecule has 1 unspecified atom stereocenters. The molecular formula is C22H19N3O2. The zero-order chi connectivity index (χ0) is 19.0. The lowest BCUT2D eigenvalue weighted by atomic mass is 10.1. The summed E-state index contributed by atoms with van der Waals surface area (Å²) in [6.07, 6.45) is 2.82. The van der Waals surface area contributed by atoms with Crippen LogP contribution < -0.4 is 9.80 Å². The van der Waals surface area contributed by atoms with E-state index in [0.717, 1.165) is 23.2 Å². The first-order valence-corrected chi connectivity index (χ1v) is 8.98. The van der Waals surface area contributed by atoms with Crippen molar-refractivity contribution in [3.8, 4) is 6.07 Å². The normalized spacial score (nSPS) is 18.3. The maximum Gasteiger partial charge on any atom is 0.232 e. The minimum atomic E-state index is -0.367. The first-order chi connectivity index (χ1) is 13.1. The molecule has 0 saturated carbocycles. The van der Waals surface area contributed by atoms with Crippen LogP contribution in [-0.2, 0) is 16.0 Å². The molecule has 0 aliphatic carbocycles. The van der Waals surface area contributed by atoms with E-state index in [-0.39, 0.29) is 24.2 Å². The van der Waals surface area contributed by atoms with Crippen molar-refractivity contribution in [3.05, 3.63) is 65.7 Å². The number of fused-ring (bicyclic) bond motifs is 1. The quantitative estimate of drug-likeness (QED) is 0.848. The second-order valence-corrected chi connectivity index (χ2v) is 6.90. The van der Waals surface area contributed by atoms with Crippen LogP contribution >= 0.6 is 0 Å². The molecule has 0 bridgehead atoms. The fourth-order valence-corrected chi connectivity index (χ4v) is 3.86. The number of benzene rings is 2. The van der Waals surface area contributed by atoms with E-state index >= 15 is 0 Å². The topological polar surface area (TPSA) is 64.4 Å². The number of nitriles is 1. The molecule has 2 aliphatic heterocycles. The molecule has 0 N–H and O–H groups in total. The molecule has 2 aromatic carbocycles. The van der Waals surface area contributed by atoms with Crippen molar-refractivity contribution in [2.24, 2.45) is 5.92 Å². The standard InChI is InChI=1S/C22H19N3O2/c1-2-15-6-7-20-17(10-15)8-9-24(20)22(27)18-12-21(26)25(14-18)19-5-3-4-16(11-19)13-23/h2-7,10-11,18H,1,8-9,12,14H2. The fraction of sp³-hybridized carbons (Fsp3) is 0.227. The number of carbonyl (C=O) groups excluding carboxylic acids is 2. The van der Waals surface area contributed by atoms with Gasteiger partial charge in [0.25, 0.3) is 0 Å². The van der Waals surface area contributed by atoms with E-state index in [2.05, 4.69) is 18.7 Å². The first kappa shape index (κ1) is 17.0. The van der Waals surface area contributed by atoms with Gasteiger partial charge in [-0.25, -0.2) is 0 Å². The number of amides is 2. The lowest BCUT2D eigenvalue weighted by Gasteiger charge is -2.22. The van der Waals surface area contributed by atoms with E-state index in [4.69, 9.17) is 5.26 Å². The van der Waals surface area contributed by atoms with Gasteiger partial charge in [0.05, 0.1) is 17.6 Å². The lowest BCUT2D eigenvalue weighted by Crippen LogP contribution is -2.36. The monoisotopic (exact) mass is 357 g/mol. The summed E-state index contributed by atoms with van der Waals surface area (Å²) in [6.45, 7) is 4.78. The van der Waals surface area contributed by atoms with Gasteiger partial charge >= 0.3 is 0 Å². The Bertz CT molecular complexity index is 989. The van der Waals surface area contributed by atoms with Crippen molar-refractivity contribution in [2.75, 3.05) is 22.9 Å². The summed E-state index contributed by atoms with van der Waals surface area (Å²) in [7, 11) is 0. The molecule has 2 heterocycles. The molecule has 27 heavy (non-hydrogen) atoms. The highest BCUT2D eigenvalue weighted by molar-refractivity contribution is 6.05. The lowest BCUT2D eigenvalue weighted by molar-refractivity contribution is -0.124. The highest BCUT2D eigenvalue weighted by Gasteiger charge is 2.39.